The fourth-order valence-electron chi connectivity index (χ4n) is 2.20. The zero-order valence-electron chi connectivity index (χ0n) is 13.1. The monoisotopic (exact) mass is 307 g/mol. The molecule has 0 saturated heterocycles. The van der Waals surface area contributed by atoms with Gasteiger partial charge in [-0.25, -0.2) is 9.50 Å². The van der Waals surface area contributed by atoms with E-state index < -0.39 is 0 Å². The molecule has 0 aliphatic rings. The summed E-state index contributed by atoms with van der Waals surface area (Å²) in [5, 5.41) is 4.80. The summed E-state index contributed by atoms with van der Waals surface area (Å²) in [4.78, 5) is 22.9. The van der Waals surface area contributed by atoms with E-state index in [4.69, 9.17) is 0 Å². The molecule has 1 amide bonds. The number of thioether (sulfide) groups is 1. The number of nitrogens with zero attached hydrogens (tertiary/aromatic N) is 5. The van der Waals surface area contributed by atoms with E-state index >= 15 is 0 Å². The third kappa shape index (κ3) is 3.34. The maximum atomic E-state index is 12.3. The molecule has 0 aliphatic heterocycles. The van der Waals surface area contributed by atoms with Crippen molar-refractivity contribution in [1.82, 2.24) is 24.5 Å². The van der Waals surface area contributed by atoms with Crippen LogP contribution in [0.4, 0.5) is 0 Å². The van der Waals surface area contributed by atoms with E-state index in [9.17, 15) is 4.79 Å². The molecule has 2 aromatic rings. The Bertz CT molecular complexity index is 650. The van der Waals surface area contributed by atoms with Crippen molar-refractivity contribution in [3.63, 3.8) is 0 Å². The van der Waals surface area contributed by atoms with Crippen LogP contribution in [0.3, 0.4) is 0 Å². The summed E-state index contributed by atoms with van der Waals surface area (Å²) in [5.41, 5.74) is 1.90. The molecular weight excluding hydrogens is 286 g/mol. The predicted octanol–water partition coefficient (Wildman–Crippen LogP) is 2.09. The van der Waals surface area contributed by atoms with Crippen LogP contribution in [0.1, 0.15) is 32.2 Å². The normalized spacial score (nSPS) is 12.6. The smallest absolute Gasteiger partial charge is 0.253 e. The highest BCUT2D eigenvalue weighted by Gasteiger charge is 2.21. The summed E-state index contributed by atoms with van der Waals surface area (Å²) in [6.45, 7) is 11.2. The van der Waals surface area contributed by atoms with Crippen molar-refractivity contribution in [3.05, 3.63) is 17.5 Å². The van der Waals surface area contributed by atoms with Crippen LogP contribution in [0.5, 0.6) is 0 Å². The highest BCUT2D eigenvalue weighted by atomic mass is 32.2. The van der Waals surface area contributed by atoms with Gasteiger partial charge in [-0.15, -0.1) is 5.10 Å². The lowest BCUT2D eigenvalue weighted by atomic mass is 10.4. The van der Waals surface area contributed by atoms with Gasteiger partial charge in [-0.2, -0.15) is 4.98 Å². The summed E-state index contributed by atoms with van der Waals surface area (Å²) in [7, 11) is 0. The molecule has 0 saturated carbocycles. The highest BCUT2D eigenvalue weighted by Crippen LogP contribution is 2.22. The van der Waals surface area contributed by atoms with Crippen LogP contribution >= 0.6 is 11.8 Å². The number of carbonyl (C=O) groups is 1. The Morgan fingerprint density at radius 1 is 1.33 bits per heavy atom. The first kappa shape index (κ1) is 15.8. The number of amides is 1. The maximum Gasteiger partial charge on any atom is 0.253 e. The van der Waals surface area contributed by atoms with Gasteiger partial charge in [0.05, 0.1) is 5.25 Å². The quantitative estimate of drug-likeness (QED) is 0.792. The zero-order chi connectivity index (χ0) is 15.6. The third-order valence-electron chi connectivity index (χ3n) is 3.30. The Morgan fingerprint density at radius 3 is 2.62 bits per heavy atom. The van der Waals surface area contributed by atoms with Crippen LogP contribution in [-0.4, -0.2) is 48.7 Å². The van der Waals surface area contributed by atoms with Crippen LogP contribution in [0.25, 0.3) is 5.78 Å². The Morgan fingerprint density at radius 2 is 2.00 bits per heavy atom. The van der Waals surface area contributed by atoms with Crippen molar-refractivity contribution in [1.29, 1.82) is 0 Å². The Balaban J connectivity index is 2.20. The Kier molecular flexibility index (Phi) is 4.82. The van der Waals surface area contributed by atoms with Gasteiger partial charge in [-0.3, -0.25) is 4.79 Å². The van der Waals surface area contributed by atoms with Crippen molar-refractivity contribution in [3.8, 4) is 0 Å². The number of hydrogen-bond acceptors (Lipinski definition) is 5. The minimum Gasteiger partial charge on any atom is -0.342 e. The van der Waals surface area contributed by atoms with Gasteiger partial charge in [-0.1, -0.05) is 11.8 Å². The minimum absolute atomic E-state index is 0.115. The first-order chi connectivity index (χ1) is 9.96. The zero-order valence-corrected chi connectivity index (χ0v) is 13.9. The van der Waals surface area contributed by atoms with Gasteiger partial charge in [0.15, 0.2) is 0 Å². The van der Waals surface area contributed by atoms with E-state index in [1.165, 1.54) is 11.8 Å². The molecule has 0 spiro atoms. The molecule has 0 bridgehead atoms. The summed E-state index contributed by atoms with van der Waals surface area (Å²) in [5.74, 6) is 0.696. The lowest BCUT2D eigenvalue weighted by Gasteiger charge is -2.21. The van der Waals surface area contributed by atoms with Crippen LogP contribution in [0.2, 0.25) is 0 Å². The molecule has 1 atom stereocenters. The SMILES string of the molecule is CCN(CC)C(=O)C(C)Sc1nc2nc(C)cc(C)n2n1. The lowest BCUT2D eigenvalue weighted by molar-refractivity contribution is -0.129. The number of aryl methyl sites for hydroxylation is 2. The standard InChI is InChI=1S/C14H21N5OS/c1-6-18(7-2)12(20)11(5)21-14-16-13-15-9(3)8-10(4)19(13)17-14/h8,11H,6-7H2,1-5H3. The lowest BCUT2D eigenvalue weighted by Crippen LogP contribution is -2.36. The van der Waals surface area contributed by atoms with E-state index in [2.05, 4.69) is 15.1 Å². The maximum absolute atomic E-state index is 12.3. The number of fused-ring (bicyclic) bond motifs is 1. The highest BCUT2D eigenvalue weighted by molar-refractivity contribution is 8.00. The summed E-state index contributed by atoms with van der Waals surface area (Å²) in [6.07, 6.45) is 0. The van der Waals surface area contributed by atoms with Crippen LogP contribution in [0.15, 0.2) is 11.2 Å². The molecule has 1 unspecified atom stereocenters. The van der Waals surface area contributed by atoms with Crippen molar-refractivity contribution < 1.29 is 4.79 Å². The molecule has 2 rings (SSSR count). The second kappa shape index (κ2) is 6.43. The molecule has 0 radical (unpaired) electrons. The first-order valence-electron chi connectivity index (χ1n) is 7.12. The summed E-state index contributed by atoms with van der Waals surface area (Å²) < 4.78 is 1.71. The van der Waals surface area contributed by atoms with Gasteiger partial charge in [0, 0.05) is 24.5 Å². The van der Waals surface area contributed by atoms with Crippen LogP contribution in [0, 0.1) is 13.8 Å². The Labute approximate surface area is 129 Å². The van der Waals surface area contributed by atoms with Crippen molar-refractivity contribution in [2.24, 2.45) is 0 Å². The van der Waals surface area contributed by atoms with E-state index in [0.717, 1.165) is 24.5 Å². The molecule has 2 heterocycles. The second-order valence-corrected chi connectivity index (χ2v) is 6.22. The minimum atomic E-state index is -0.205. The number of hydrogen-bond donors (Lipinski definition) is 0. The van der Waals surface area contributed by atoms with E-state index in [0.29, 0.717) is 10.9 Å². The first-order valence-corrected chi connectivity index (χ1v) is 8.00. The predicted molar refractivity (Wildman–Crippen MR) is 83.5 cm³/mol. The van der Waals surface area contributed by atoms with Gasteiger partial charge in [0.2, 0.25) is 11.1 Å². The molecule has 0 aromatic carbocycles. The molecule has 0 fully saturated rings. The average molecular weight is 307 g/mol. The van der Waals surface area contributed by atoms with Gasteiger partial charge >= 0.3 is 0 Å². The van der Waals surface area contributed by atoms with Crippen molar-refractivity contribution in [2.75, 3.05) is 13.1 Å². The van der Waals surface area contributed by atoms with Gasteiger partial charge in [0.1, 0.15) is 0 Å². The second-order valence-electron chi connectivity index (χ2n) is 4.92. The van der Waals surface area contributed by atoms with Gasteiger partial charge in [-0.05, 0) is 40.7 Å². The van der Waals surface area contributed by atoms with Gasteiger partial charge < -0.3 is 4.90 Å². The topological polar surface area (TPSA) is 63.4 Å². The van der Waals surface area contributed by atoms with E-state index in [1.807, 2.05) is 45.6 Å². The molecular formula is C14H21N5OS. The van der Waals surface area contributed by atoms with Crippen LogP contribution in [-0.2, 0) is 4.79 Å². The number of rotatable bonds is 5. The summed E-state index contributed by atoms with van der Waals surface area (Å²) in [6, 6.07) is 1.96. The van der Waals surface area contributed by atoms with Crippen molar-refractivity contribution in [2.45, 2.75) is 45.0 Å². The van der Waals surface area contributed by atoms with E-state index in [-0.39, 0.29) is 11.2 Å². The molecule has 7 heteroatoms. The average Bonchev–Trinajstić information content (AvgIpc) is 2.82. The molecule has 0 N–H and O–H groups in total. The molecule has 0 aliphatic carbocycles. The fraction of sp³-hybridized carbons (Fsp3) is 0.571. The molecule has 114 valence electrons. The molecule has 6 nitrogen and oxygen atoms in total. The number of carbonyl (C=O) groups excluding carboxylic acids is 1. The van der Waals surface area contributed by atoms with Crippen molar-refractivity contribution >= 4 is 23.4 Å². The molecule has 2 aromatic heterocycles. The van der Waals surface area contributed by atoms with E-state index in [1.54, 1.807) is 4.52 Å². The largest absolute Gasteiger partial charge is 0.342 e. The Hall–Kier alpha value is -1.63. The summed E-state index contributed by atoms with van der Waals surface area (Å²) >= 11 is 1.38. The van der Waals surface area contributed by atoms with Crippen LogP contribution < -0.4 is 0 Å². The van der Waals surface area contributed by atoms with Gasteiger partial charge in [0.25, 0.3) is 5.78 Å². The number of aromatic nitrogens is 4. The fourth-order valence-corrected chi connectivity index (χ4v) is 3.03. The third-order valence-corrected chi connectivity index (χ3v) is 4.24. The molecule has 21 heavy (non-hydrogen) atoms.